The predicted octanol–water partition coefficient (Wildman–Crippen LogP) is 3.39. The third-order valence-corrected chi connectivity index (χ3v) is 4.74. The highest BCUT2D eigenvalue weighted by molar-refractivity contribution is 7.91. The Hall–Kier alpha value is -2.08. The summed E-state index contributed by atoms with van der Waals surface area (Å²) in [6, 6.07) is 8.80. The van der Waals surface area contributed by atoms with E-state index in [0.29, 0.717) is 17.0 Å². The highest BCUT2D eigenvalue weighted by atomic mass is 32.2. The third-order valence-electron chi connectivity index (χ3n) is 3.49. The molecule has 2 aromatic rings. The Labute approximate surface area is 130 Å². The minimum atomic E-state index is -3.57. The lowest BCUT2D eigenvalue weighted by atomic mass is 10.1. The maximum absolute atomic E-state index is 12.9. The van der Waals surface area contributed by atoms with Gasteiger partial charge in [0.25, 0.3) is 0 Å². The molecule has 0 bridgehead atoms. The van der Waals surface area contributed by atoms with E-state index in [4.69, 9.17) is 4.74 Å². The van der Waals surface area contributed by atoms with E-state index in [1.165, 1.54) is 24.3 Å². The van der Waals surface area contributed by atoms with Crippen molar-refractivity contribution in [3.8, 4) is 5.75 Å². The van der Waals surface area contributed by atoms with Gasteiger partial charge in [-0.2, -0.15) is 0 Å². The van der Waals surface area contributed by atoms with E-state index in [-0.39, 0.29) is 5.75 Å². The maximum atomic E-state index is 12.9. The van der Waals surface area contributed by atoms with Crippen molar-refractivity contribution in [3.63, 3.8) is 0 Å². The summed E-state index contributed by atoms with van der Waals surface area (Å²) in [7, 11) is -2.00. The number of methoxy groups -OCH3 is 1. The van der Waals surface area contributed by atoms with Crippen LogP contribution in [-0.4, -0.2) is 15.5 Å². The number of nitrogens with one attached hydrogen (secondary N) is 1. The molecule has 0 unspecified atom stereocenters. The highest BCUT2D eigenvalue weighted by Gasteiger charge is 2.15. The summed E-state index contributed by atoms with van der Waals surface area (Å²) in [5.74, 6) is 0.104. The lowest BCUT2D eigenvalue weighted by molar-refractivity contribution is 0.411. The van der Waals surface area contributed by atoms with Gasteiger partial charge in [-0.1, -0.05) is 12.1 Å². The largest absolute Gasteiger partial charge is 0.496 e. The monoisotopic (exact) mass is 323 g/mol. The van der Waals surface area contributed by atoms with E-state index in [0.717, 1.165) is 11.1 Å². The maximum Gasteiger partial charge on any atom is 0.236 e. The summed E-state index contributed by atoms with van der Waals surface area (Å²) in [4.78, 5) is 0. The molecule has 0 amide bonds. The normalized spacial score (nSPS) is 11.3. The van der Waals surface area contributed by atoms with E-state index in [1.54, 1.807) is 19.2 Å². The molecule has 0 fully saturated rings. The molecule has 0 aliphatic rings. The fourth-order valence-electron chi connectivity index (χ4n) is 2.13. The van der Waals surface area contributed by atoms with Gasteiger partial charge in [-0.3, -0.25) is 4.72 Å². The van der Waals surface area contributed by atoms with Gasteiger partial charge in [0.2, 0.25) is 10.0 Å². The first-order valence-corrected chi connectivity index (χ1v) is 8.37. The Balaban J connectivity index is 2.22. The average Bonchev–Trinajstić information content (AvgIpc) is 2.46. The van der Waals surface area contributed by atoms with Crippen LogP contribution in [0.2, 0.25) is 0 Å². The molecule has 118 valence electrons. The van der Waals surface area contributed by atoms with Crippen LogP contribution >= 0.6 is 0 Å². The van der Waals surface area contributed by atoms with Crippen molar-refractivity contribution >= 4 is 15.7 Å². The lowest BCUT2D eigenvalue weighted by Crippen LogP contribution is -2.16. The van der Waals surface area contributed by atoms with E-state index < -0.39 is 15.8 Å². The van der Waals surface area contributed by atoms with Gasteiger partial charge in [0, 0.05) is 0 Å². The minimum absolute atomic E-state index is 0.211. The molecule has 0 atom stereocenters. The molecule has 0 saturated carbocycles. The van der Waals surface area contributed by atoms with Crippen LogP contribution < -0.4 is 9.46 Å². The van der Waals surface area contributed by atoms with Gasteiger partial charge >= 0.3 is 0 Å². The quantitative estimate of drug-likeness (QED) is 0.917. The summed E-state index contributed by atoms with van der Waals surface area (Å²) in [5, 5.41) is 0. The molecule has 1 N–H and O–H groups in total. The second-order valence-electron chi connectivity index (χ2n) is 5.05. The molecule has 0 saturated heterocycles. The molecule has 0 aromatic heterocycles. The Bertz CT molecular complexity index is 771. The Morgan fingerprint density at radius 1 is 1.05 bits per heavy atom. The number of benzene rings is 2. The molecule has 2 aromatic carbocycles. The molecule has 4 nitrogen and oxygen atoms in total. The van der Waals surface area contributed by atoms with Gasteiger partial charge in [-0.05, 0) is 54.8 Å². The zero-order valence-corrected chi connectivity index (χ0v) is 13.5. The average molecular weight is 323 g/mol. The topological polar surface area (TPSA) is 55.4 Å². The van der Waals surface area contributed by atoms with Crippen molar-refractivity contribution < 1.29 is 17.5 Å². The Kier molecular flexibility index (Phi) is 4.71. The fourth-order valence-corrected chi connectivity index (χ4v) is 3.39. The first kappa shape index (κ1) is 16.3. The van der Waals surface area contributed by atoms with Gasteiger partial charge in [-0.25, -0.2) is 12.8 Å². The smallest absolute Gasteiger partial charge is 0.236 e. The van der Waals surface area contributed by atoms with Crippen molar-refractivity contribution in [2.45, 2.75) is 19.6 Å². The van der Waals surface area contributed by atoms with Crippen LogP contribution in [-0.2, 0) is 15.8 Å². The van der Waals surface area contributed by atoms with Crippen molar-refractivity contribution in [3.05, 3.63) is 58.9 Å². The third kappa shape index (κ3) is 3.76. The second kappa shape index (κ2) is 6.36. The molecule has 0 heterocycles. The van der Waals surface area contributed by atoms with E-state index in [2.05, 4.69) is 4.72 Å². The molecule has 22 heavy (non-hydrogen) atoms. The molecule has 2 rings (SSSR count). The van der Waals surface area contributed by atoms with Crippen LogP contribution in [0.4, 0.5) is 10.1 Å². The zero-order valence-electron chi connectivity index (χ0n) is 12.7. The second-order valence-corrected chi connectivity index (χ2v) is 6.78. The molecule has 0 spiro atoms. The molecule has 6 heteroatoms. The number of hydrogen-bond donors (Lipinski definition) is 1. The highest BCUT2D eigenvalue weighted by Crippen LogP contribution is 2.28. The molecule has 0 aliphatic heterocycles. The Morgan fingerprint density at radius 2 is 1.68 bits per heavy atom. The number of halogens is 1. The van der Waals surface area contributed by atoms with Gasteiger partial charge in [0.15, 0.2) is 0 Å². The number of hydrogen-bond acceptors (Lipinski definition) is 3. The molecular weight excluding hydrogens is 305 g/mol. The molecule has 0 aliphatic carbocycles. The van der Waals surface area contributed by atoms with Crippen LogP contribution in [0.3, 0.4) is 0 Å². The van der Waals surface area contributed by atoms with Gasteiger partial charge in [-0.15, -0.1) is 0 Å². The molecular formula is C16H18FNO3S. The van der Waals surface area contributed by atoms with Crippen molar-refractivity contribution in [1.82, 2.24) is 0 Å². The van der Waals surface area contributed by atoms with Gasteiger partial charge in [0.05, 0.1) is 18.6 Å². The number of sulfonamides is 1. The van der Waals surface area contributed by atoms with Gasteiger partial charge < -0.3 is 4.74 Å². The summed E-state index contributed by atoms with van der Waals surface area (Å²) in [5.41, 5.74) is 2.73. The van der Waals surface area contributed by atoms with Crippen LogP contribution in [0, 0.1) is 19.7 Å². The fraction of sp³-hybridized carbons (Fsp3) is 0.250. The van der Waals surface area contributed by atoms with E-state index in [9.17, 15) is 12.8 Å². The summed E-state index contributed by atoms with van der Waals surface area (Å²) in [6.45, 7) is 3.69. The summed E-state index contributed by atoms with van der Waals surface area (Å²) < 4.78 is 45.1. The summed E-state index contributed by atoms with van der Waals surface area (Å²) in [6.07, 6.45) is 0. The van der Waals surface area contributed by atoms with Crippen LogP contribution in [0.15, 0.2) is 36.4 Å². The first-order valence-electron chi connectivity index (χ1n) is 6.71. The predicted molar refractivity (Wildman–Crippen MR) is 85.1 cm³/mol. The number of anilines is 1. The van der Waals surface area contributed by atoms with Crippen LogP contribution in [0.1, 0.15) is 16.7 Å². The summed E-state index contributed by atoms with van der Waals surface area (Å²) >= 11 is 0. The van der Waals surface area contributed by atoms with Crippen LogP contribution in [0.25, 0.3) is 0 Å². The van der Waals surface area contributed by atoms with Crippen molar-refractivity contribution in [2.75, 3.05) is 11.8 Å². The van der Waals surface area contributed by atoms with Crippen LogP contribution in [0.5, 0.6) is 5.75 Å². The van der Waals surface area contributed by atoms with Crippen molar-refractivity contribution in [1.29, 1.82) is 0 Å². The Morgan fingerprint density at radius 3 is 2.27 bits per heavy atom. The molecule has 0 radical (unpaired) electrons. The van der Waals surface area contributed by atoms with E-state index in [1.807, 2.05) is 13.8 Å². The minimum Gasteiger partial charge on any atom is -0.496 e. The lowest BCUT2D eigenvalue weighted by Gasteiger charge is -2.14. The number of ether oxygens (including phenoxy) is 1. The van der Waals surface area contributed by atoms with E-state index >= 15 is 0 Å². The number of rotatable bonds is 5. The zero-order chi connectivity index (χ0) is 16.3. The van der Waals surface area contributed by atoms with Gasteiger partial charge in [0.1, 0.15) is 11.6 Å². The SMILES string of the molecule is COc1ccc(NS(=O)(=O)Cc2ccc(F)cc2)c(C)c1C. The first-order chi connectivity index (χ1) is 10.3. The van der Waals surface area contributed by atoms with Crippen molar-refractivity contribution in [2.24, 2.45) is 0 Å². The standard InChI is InChI=1S/C16H18FNO3S/c1-11-12(2)16(21-3)9-8-15(11)18-22(19,20)10-13-4-6-14(17)7-5-13/h4-9,18H,10H2,1-3H3.